The number of hydrogen-bond acceptors (Lipinski definition) is 4. The Hall–Kier alpha value is -1.72. The number of nitrogens with zero attached hydrogens (tertiary/aromatic N) is 2. The van der Waals surface area contributed by atoms with Gasteiger partial charge < -0.3 is 5.32 Å². The van der Waals surface area contributed by atoms with Crippen LogP contribution in [0.15, 0.2) is 41.2 Å². The van der Waals surface area contributed by atoms with Crippen molar-refractivity contribution in [1.29, 1.82) is 0 Å². The highest BCUT2D eigenvalue weighted by molar-refractivity contribution is 7.07. The van der Waals surface area contributed by atoms with Crippen molar-refractivity contribution in [1.82, 2.24) is 15.2 Å². The lowest BCUT2D eigenvalue weighted by molar-refractivity contribution is -0.126. The Bertz CT molecular complexity index is 542. The van der Waals surface area contributed by atoms with Crippen LogP contribution in [0.5, 0.6) is 0 Å². The van der Waals surface area contributed by atoms with E-state index in [1.807, 2.05) is 53.2 Å². The summed E-state index contributed by atoms with van der Waals surface area (Å²) in [5.74, 6) is 0.0424. The van der Waals surface area contributed by atoms with E-state index in [-0.39, 0.29) is 11.9 Å². The van der Waals surface area contributed by atoms with Crippen molar-refractivity contribution < 1.29 is 4.79 Å². The highest BCUT2D eigenvalue weighted by atomic mass is 32.1. The molecule has 1 heterocycles. The quantitative estimate of drug-likeness (QED) is 0.855. The molecule has 1 N–H and O–H groups in total. The van der Waals surface area contributed by atoms with E-state index in [1.54, 1.807) is 11.3 Å². The van der Waals surface area contributed by atoms with Crippen molar-refractivity contribution in [2.24, 2.45) is 0 Å². The molecule has 0 radical (unpaired) electrons. The lowest BCUT2D eigenvalue weighted by Crippen LogP contribution is -2.39. The van der Waals surface area contributed by atoms with Gasteiger partial charge in [0.25, 0.3) is 0 Å². The predicted octanol–water partition coefficient (Wildman–Crippen LogP) is 2.49. The largest absolute Gasteiger partial charge is 0.354 e. The first-order chi connectivity index (χ1) is 10.2. The van der Waals surface area contributed by atoms with Gasteiger partial charge >= 0.3 is 0 Å². The molecule has 21 heavy (non-hydrogen) atoms. The molecule has 1 aromatic carbocycles. The fraction of sp³-hybridized carbons (Fsp3) is 0.375. The molecule has 5 heteroatoms. The van der Waals surface area contributed by atoms with Crippen LogP contribution in [-0.2, 0) is 11.2 Å². The lowest BCUT2D eigenvalue weighted by Gasteiger charge is -2.26. The van der Waals surface area contributed by atoms with Crippen molar-refractivity contribution in [2.45, 2.75) is 19.4 Å². The molecular weight excluding hydrogens is 282 g/mol. The van der Waals surface area contributed by atoms with Gasteiger partial charge in [-0.15, -0.1) is 11.3 Å². The van der Waals surface area contributed by atoms with Crippen LogP contribution >= 0.6 is 11.3 Å². The first-order valence-electron chi connectivity index (χ1n) is 7.12. The van der Waals surface area contributed by atoms with E-state index in [0.717, 1.165) is 24.2 Å². The molecule has 4 nitrogen and oxygen atoms in total. The molecule has 0 spiro atoms. The molecule has 1 aromatic heterocycles. The minimum Gasteiger partial charge on any atom is -0.354 e. The third-order valence-corrected chi connectivity index (χ3v) is 4.10. The Morgan fingerprint density at radius 1 is 1.38 bits per heavy atom. The molecule has 0 aliphatic carbocycles. The van der Waals surface area contributed by atoms with Gasteiger partial charge in [0.1, 0.15) is 6.04 Å². The summed E-state index contributed by atoms with van der Waals surface area (Å²) in [7, 11) is 1.97. The van der Waals surface area contributed by atoms with Crippen molar-refractivity contribution in [3.05, 3.63) is 52.5 Å². The molecular formula is C16H21N3OS. The zero-order chi connectivity index (χ0) is 15.1. The van der Waals surface area contributed by atoms with Gasteiger partial charge in [-0.25, -0.2) is 4.98 Å². The number of hydrogen-bond donors (Lipinski definition) is 1. The van der Waals surface area contributed by atoms with Gasteiger partial charge in [0, 0.05) is 18.3 Å². The third-order valence-electron chi connectivity index (χ3n) is 3.47. The number of benzene rings is 1. The van der Waals surface area contributed by atoms with Crippen molar-refractivity contribution >= 4 is 17.2 Å². The number of carbonyl (C=O) groups is 1. The molecule has 0 saturated heterocycles. The van der Waals surface area contributed by atoms with Gasteiger partial charge in [-0.2, -0.15) is 0 Å². The number of amides is 1. The number of likely N-dealkylation sites (N-methyl/N-ethyl adjacent to an activating group) is 1. The summed E-state index contributed by atoms with van der Waals surface area (Å²) in [6, 6.07) is 9.65. The van der Waals surface area contributed by atoms with E-state index >= 15 is 0 Å². The highest BCUT2D eigenvalue weighted by Crippen LogP contribution is 2.19. The summed E-state index contributed by atoms with van der Waals surface area (Å²) in [6.07, 6.45) is 0.770. The molecule has 0 saturated carbocycles. The molecule has 112 valence electrons. The van der Waals surface area contributed by atoms with Crippen molar-refractivity contribution in [3.8, 4) is 0 Å². The molecule has 1 unspecified atom stereocenters. The van der Waals surface area contributed by atoms with Crippen molar-refractivity contribution in [2.75, 3.05) is 20.1 Å². The summed E-state index contributed by atoms with van der Waals surface area (Å²) in [4.78, 5) is 18.8. The fourth-order valence-electron chi connectivity index (χ4n) is 2.20. The number of aromatic nitrogens is 1. The van der Waals surface area contributed by atoms with E-state index in [4.69, 9.17) is 0 Å². The number of thiazole rings is 1. The molecule has 0 bridgehead atoms. The van der Waals surface area contributed by atoms with Crippen LogP contribution in [0.4, 0.5) is 0 Å². The average Bonchev–Trinajstić information content (AvgIpc) is 3.01. The zero-order valence-corrected chi connectivity index (χ0v) is 13.3. The first-order valence-corrected chi connectivity index (χ1v) is 8.06. The Labute approximate surface area is 129 Å². The van der Waals surface area contributed by atoms with Crippen LogP contribution < -0.4 is 5.32 Å². The van der Waals surface area contributed by atoms with Gasteiger partial charge in [0.2, 0.25) is 5.91 Å². The minimum absolute atomic E-state index is 0.0424. The van der Waals surface area contributed by atoms with Gasteiger partial charge in [-0.05, 0) is 19.2 Å². The number of nitrogens with one attached hydrogen (secondary N) is 1. The normalized spacial score (nSPS) is 12.3. The minimum atomic E-state index is -0.244. The second kappa shape index (κ2) is 7.90. The van der Waals surface area contributed by atoms with Gasteiger partial charge in [0.15, 0.2) is 0 Å². The maximum absolute atomic E-state index is 12.5. The molecule has 1 amide bonds. The lowest BCUT2D eigenvalue weighted by atomic mass is 10.0. The van der Waals surface area contributed by atoms with Crippen LogP contribution in [0.3, 0.4) is 0 Å². The van der Waals surface area contributed by atoms with Crippen molar-refractivity contribution in [3.63, 3.8) is 0 Å². The molecule has 1 atom stereocenters. The second-order valence-electron chi connectivity index (χ2n) is 4.91. The Kier molecular flexibility index (Phi) is 5.90. The average molecular weight is 303 g/mol. The summed E-state index contributed by atoms with van der Waals surface area (Å²) >= 11 is 1.58. The summed E-state index contributed by atoms with van der Waals surface area (Å²) < 4.78 is 0. The summed E-state index contributed by atoms with van der Waals surface area (Å²) in [5, 5.41) is 5.03. The molecule has 2 rings (SSSR count). The topological polar surface area (TPSA) is 45.2 Å². The molecule has 0 fully saturated rings. The summed E-state index contributed by atoms with van der Waals surface area (Å²) in [6.45, 7) is 3.49. The maximum Gasteiger partial charge on any atom is 0.241 e. The molecule has 0 aliphatic heterocycles. The maximum atomic E-state index is 12.5. The Morgan fingerprint density at radius 2 is 2.14 bits per heavy atom. The standard InChI is InChI=1S/C16H21N3OS/c1-3-19(2)15(13-7-5-4-6-8-13)16(20)17-10-9-14-11-21-12-18-14/h4-8,11-12,15H,3,9-10H2,1-2H3,(H,17,20). The van der Waals surface area contributed by atoms with Crippen LogP contribution in [-0.4, -0.2) is 35.9 Å². The van der Waals surface area contributed by atoms with Crippen LogP contribution in [0.2, 0.25) is 0 Å². The summed E-state index contributed by atoms with van der Waals surface area (Å²) in [5.41, 5.74) is 3.86. The van der Waals surface area contributed by atoms with E-state index in [9.17, 15) is 4.79 Å². The number of rotatable bonds is 7. The third kappa shape index (κ3) is 4.37. The monoisotopic (exact) mass is 303 g/mol. The smallest absolute Gasteiger partial charge is 0.241 e. The predicted molar refractivity (Wildman–Crippen MR) is 86.3 cm³/mol. The van der Waals surface area contributed by atoms with E-state index in [0.29, 0.717) is 6.54 Å². The molecule has 2 aromatic rings. The van der Waals surface area contributed by atoms with Gasteiger partial charge in [-0.1, -0.05) is 37.3 Å². The van der Waals surface area contributed by atoms with Crippen LogP contribution in [0, 0.1) is 0 Å². The molecule has 0 aliphatic rings. The first kappa shape index (κ1) is 15.7. The van der Waals surface area contributed by atoms with Crippen LogP contribution in [0.1, 0.15) is 24.2 Å². The fourth-order valence-corrected chi connectivity index (χ4v) is 2.79. The van der Waals surface area contributed by atoms with E-state index in [1.165, 1.54) is 0 Å². The highest BCUT2D eigenvalue weighted by Gasteiger charge is 2.23. The van der Waals surface area contributed by atoms with Gasteiger partial charge in [-0.3, -0.25) is 9.69 Å². The Balaban J connectivity index is 1.98. The number of carbonyl (C=O) groups excluding carboxylic acids is 1. The van der Waals surface area contributed by atoms with Gasteiger partial charge in [0.05, 0.1) is 11.2 Å². The SMILES string of the molecule is CCN(C)C(C(=O)NCCc1cscn1)c1ccccc1. The van der Waals surface area contributed by atoms with E-state index in [2.05, 4.69) is 17.2 Å². The Morgan fingerprint density at radius 3 is 2.76 bits per heavy atom. The van der Waals surface area contributed by atoms with E-state index < -0.39 is 0 Å². The second-order valence-corrected chi connectivity index (χ2v) is 5.63. The van der Waals surface area contributed by atoms with Crippen LogP contribution in [0.25, 0.3) is 0 Å². The zero-order valence-electron chi connectivity index (χ0n) is 12.5.